The maximum Gasteiger partial charge on any atom is 0.187 e. The van der Waals surface area contributed by atoms with E-state index in [2.05, 4.69) is 32.4 Å². The van der Waals surface area contributed by atoms with Crippen LogP contribution in [0.5, 0.6) is 0 Å². The Balaban J connectivity index is 0.000000354. The highest BCUT2D eigenvalue weighted by Crippen LogP contribution is 2.24. The molecule has 2 heteroatoms. The SMILES string of the molecule is C#CC.CC1CCC[Si](C)(C)O1. The van der Waals surface area contributed by atoms with Gasteiger partial charge in [0.1, 0.15) is 0 Å². The molecule has 12 heavy (non-hydrogen) atoms. The zero-order valence-electron chi connectivity index (χ0n) is 8.68. The first-order valence-electron chi connectivity index (χ1n) is 4.57. The summed E-state index contributed by atoms with van der Waals surface area (Å²) in [6.07, 6.45) is 7.80. The van der Waals surface area contributed by atoms with Gasteiger partial charge in [-0.1, -0.05) is 6.42 Å². The van der Waals surface area contributed by atoms with Gasteiger partial charge in [0.2, 0.25) is 0 Å². The van der Waals surface area contributed by atoms with Crippen LogP contribution in [0.25, 0.3) is 0 Å². The van der Waals surface area contributed by atoms with Crippen molar-refractivity contribution in [2.45, 2.75) is 51.9 Å². The zero-order valence-corrected chi connectivity index (χ0v) is 9.68. The molecule has 0 amide bonds. The van der Waals surface area contributed by atoms with Crippen LogP contribution in [0.15, 0.2) is 0 Å². The summed E-state index contributed by atoms with van der Waals surface area (Å²) < 4.78 is 5.81. The zero-order chi connectivity index (χ0) is 9.61. The Kier molecular flexibility index (Phi) is 5.28. The Labute approximate surface area is 77.6 Å². The van der Waals surface area contributed by atoms with Crippen molar-refractivity contribution in [2.24, 2.45) is 0 Å². The highest BCUT2D eigenvalue weighted by Gasteiger charge is 2.28. The van der Waals surface area contributed by atoms with Crippen molar-refractivity contribution in [3.63, 3.8) is 0 Å². The van der Waals surface area contributed by atoms with Gasteiger partial charge in [0.15, 0.2) is 8.32 Å². The molecule has 0 radical (unpaired) electrons. The van der Waals surface area contributed by atoms with Gasteiger partial charge in [-0.3, -0.25) is 0 Å². The minimum atomic E-state index is -1.15. The summed E-state index contributed by atoms with van der Waals surface area (Å²) in [6, 6.07) is 1.36. The van der Waals surface area contributed by atoms with Gasteiger partial charge in [0.25, 0.3) is 0 Å². The summed E-state index contributed by atoms with van der Waals surface area (Å²) in [5.74, 6) is 2.25. The third-order valence-corrected chi connectivity index (χ3v) is 4.51. The molecule has 0 bridgehead atoms. The molecule has 0 aliphatic carbocycles. The van der Waals surface area contributed by atoms with Crippen LogP contribution in [0, 0.1) is 12.3 Å². The summed E-state index contributed by atoms with van der Waals surface area (Å²) >= 11 is 0. The molecular weight excluding hydrogens is 164 g/mol. The van der Waals surface area contributed by atoms with Crippen LogP contribution in [0.3, 0.4) is 0 Å². The minimum Gasteiger partial charge on any atom is -0.415 e. The van der Waals surface area contributed by atoms with Crippen LogP contribution in [-0.2, 0) is 4.43 Å². The van der Waals surface area contributed by atoms with Crippen molar-refractivity contribution in [1.29, 1.82) is 0 Å². The molecule has 0 aromatic carbocycles. The summed E-state index contributed by atoms with van der Waals surface area (Å²) in [6.45, 7) is 8.46. The molecule has 1 aliphatic heterocycles. The van der Waals surface area contributed by atoms with Gasteiger partial charge in [-0.15, -0.1) is 12.3 Å². The van der Waals surface area contributed by atoms with E-state index in [-0.39, 0.29) is 0 Å². The molecule has 0 N–H and O–H groups in total. The normalized spacial score (nSPS) is 26.4. The molecule has 0 spiro atoms. The van der Waals surface area contributed by atoms with Crippen LogP contribution in [-0.4, -0.2) is 14.4 Å². The Morgan fingerprint density at radius 3 is 2.25 bits per heavy atom. The summed E-state index contributed by atoms with van der Waals surface area (Å²) in [5.41, 5.74) is 0. The maximum absolute atomic E-state index is 5.81. The Morgan fingerprint density at radius 2 is 2.00 bits per heavy atom. The van der Waals surface area contributed by atoms with E-state index in [1.54, 1.807) is 6.92 Å². The van der Waals surface area contributed by atoms with Crippen LogP contribution >= 0.6 is 0 Å². The van der Waals surface area contributed by atoms with Gasteiger partial charge in [-0.25, -0.2) is 0 Å². The third kappa shape index (κ3) is 5.40. The van der Waals surface area contributed by atoms with Crippen molar-refractivity contribution >= 4 is 8.32 Å². The number of hydrogen-bond donors (Lipinski definition) is 0. The number of hydrogen-bond acceptors (Lipinski definition) is 1. The van der Waals surface area contributed by atoms with Crippen LogP contribution in [0.1, 0.15) is 26.7 Å². The molecule has 0 aromatic heterocycles. The van der Waals surface area contributed by atoms with E-state index in [1.807, 2.05) is 0 Å². The molecule has 1 unspecified atom stereocenters. The molecule has 1 atom stereocenters. The van der Waals surface area contributed by atoms with Crippen molar-refractivity contribution in [3.05, 3.63) is 0 Å². The minimum absolute atomic E-state index is 0.542. The second kappa shape index (κ2) is 5.39. The fourth-order valence-corrected chi connectivity index (χ4v) is 3.86. The van der Waals surface area contributed by atoms with Gasteiger partial charge in [-0.2, -0.15) is 0 Å². The van der Waals surface area contributed by atoms with Gasteiger partial charge < -0.3 is 4.43 Å². The largest absolute Gasteiger partial charge is 0.415 e. The predicted octanol–water partition coefficient (Wildman–Crippen LogP) is 3.03. The maximum atomic E-state index is 5.81. The molecule has 1 saturated heterocycles. The number of rotatable bonds is 0. The van der Waals surface area contributed by atoms with E-state index in [0.717, 1.165) is 0 Å². The standard InChI is InChI=1S/C7H16OSi.C3H4/c1-7-5-4-6-9(2,3)8-7;1-3-2/h7H,4-6H2,1-3H3;1H,2H3. The van der Waals surface area contributed by atoms with Crippen LogP contribution < -0.4 is 0 Å². The van der Waals surface area contributed by atoms with Gasteiger partial charge in [-0.05, 0) is 39.4 Å². The Hall–Kier alpha value is -0.263. The topological polar surface area (TPSA) is 9.23 Å². The van der Waals surface area contributed by atoms with Crippen LogP contribution in [0.2, 0.25) is 19.1 Å². The molecule has 1 rings (SSSR count). The summed E-state index contributed by atoms with van der Waals surface area (Å²) in [7, 11) is -1.15. The highest BCUT2D eigenvalue weighted by atomic mass is 28.4. The fourth-order valence-electron chi connectivity index (χ4n) is 1.48. The summed E-state index contributed by atoms with van der Waals surface area (Å²) in [4.78, 5) is 0. The van der Waals surface area contributed by atoms with E-state index in [4.69, 9.17) is 4.43 Å². The average molecular weight is 184 g/mol. The first kappa shape index (κ1) is 11.7. The molecule has 1 aliphatic rings. The smallest absolute Gasteiger partial charge is 0.187 e. The third-order valence-electron chi connectivity index (χ3n) is 1.91. The van der Waals surface area contributed by atoms with Gasteiger partial charge in [0.05, 0.1) is 0 Å². The molecule has 1 fully saturated rings. The van der Waals surface area contributed by atoms with Gasteiger partial charge in [0, 0.05) is 6.10 Å². The van der Waals surface area contributed by atoms with E-state index < -0.39 is 8.32 Å². The molecule has 0 saturated carbocycles. The molecule has 70 valence electrons. The molecule has 1 nitrogen and oxygen atoms in total. The Morgan fingerprint density at radius 1 is 1.50 bits per heavy atom. The molecule has 0 aromatic rings. The lowest BCUT2D eigenvalue weighted by Gasteiger charge is -2.32. The first-order chi connectivity index (χ1) is 5.52. The molecule has 1 heterocycles. The second-order valence-electron chi connectivity index (χ2n) is 3.87. The van der Waals surface area contributed by atoms with Crippen LogP contribution in [0.4, 0.5) is 0 Å². The quantitative estimate of drug-likeness (QED) is 0.415. The van der Waals surface area contributed by atoms with Crippen molar-refractivity contribution in [3.8, 4) is 12.3 Å². The second-order valence-corrected chi connectivity index (χ2v) is 8.12. The van der Waals surface area contributed by atoms with Crippen molar-refractivity contribution < 1.29 is 4.43 Å². The van der Waals surface area contributed by atoms with Crippen molar-refractivity contribution in [2.75, 3.05) is 0 Å². The number of terminal acetylenes is 1. The fraction of sp³-hybridized carbons (Fsp3) is 0.800. The summed E-state index contributed by atoms with van der Waals surface area (Å²) in [5, 5.41) is 0. The lowest BCUT2D eigenvalue weighted by Crippen LogP contribution is -2.37. The first-order valence-corrected chi connectivity index (χ1v) is 7.68. The van der Waals surface area contributed by atoms with E-state index in [0.29, 0.717) is 6.10 Å². The average Bonchev–Trinajstić information content (AvgIpc) is 1.85. The molecular formula is C10H20OSi. The van der Waals surface area contributed by atoms with E-state index in [1.165, 1.54) is 18.9 Å². The monoisotopic (exact) mass is 184 g/mol. The highest BCUT2D eigenvalue weighted by molar-refractivity contribution is 6.71. The van der Waals surface area contributed by atoms with E-state index in [9.17, 15) is 0 Å². The lowest BCUT2D eigenvalue weighted by atomic mass is 10.2. The van der Waals surface area contributed by atoms with E-state index >= 15 is 0 Å². The predicted molar refractivity (Wildman–Crippen MR) is 56.6 cm³/mol. The lowest BCUT2D eigenvalue weighted by molar-refractivity contribution is 0.179. The Bertz CT molecular complexity index is 158. The van der Waals surface area contributed by atoms with Gasteiger partial charge >= 0.3 is 0 Å². The van der Waals surface area contributed by atoms with Crippen molar-refractivity contribution in [1.82, 2.24) is 0 Å².